The number of imide groups is 1. The highest BCUT2D eigenvalue weighted by molar-refractivity contribution is 8.18. The standard InChI is InChI=1S/C20H19NO3S/c1-3-21-19(22)18(25-20(21)23)12-16-6-4-5-7-17(16)24-13-15-10-8-14(2)9-11-15/h4-12H,3,13H2,1-2H3/b18-12-. The SMILES string of the molecule is CCN1C(=O)S/C(=C\c2ccccc2OCc2ccc(C)cc2)C1=O. The van der Waals surface area contributed by atoms with Gasteiger partial charge in [-0.15, -0.1) is 0 Å². The van der Waals surface area contributed by atoms with Crippen LogP contribution < -0.4 is 4.74 Å². The van der Waals surface area contributed by atoms with E-state index in [1.165, 1.54) is 10.5 Å². The molecule has 1 saturated heterocycles. The average Bonchev–Trinajstić information content (AvgIpc) is 2.88. The normalized spacial score (nSPS) is 15.9. The van der Waals surface area contributed by atoms with Crippen molar-refractivity contribution in [1.82, 2.24) is 4.90 Å². The fraction of sp³-hybridized carbons (Fsp3) is 0.200. The molecule has 0 radical (unpaired) electrons. The molecule has 2 aromatic rings. The number of benzene rings is 2. The van der Waals surface area contributed by atoms with Crippen molar-refractivity contribution < 1.29 is 14.3 Å². The summed E-state index contributed by atoms with van der Waals surface area (Å²) in [5.41, 5.74) is 3.07. The summed E-state index contributed by atoms with van der Waals surface area (Å²) in [6.07, 6.45) is 1.73. The molecule has 0 N–H and O–H groups in total. The predicted octanol–water partition coefficient (Wildman–Crippen LogP) is 4.63. The number of para-hydroxylation sites is 1. The van der Waals surface area contributed by atoms with Gasteiger partial charge < -0.3 is 4.74 Å². The lowest BCUT2D eigenvalue weighted by atomic mass is 10.1. The molecular weight excluding hydrogens is 334 g/mol. The van der Waals surface area contributed by atoms with Gasteiger partial charge in [0.15, 0.2) is 0 Å². The largest absolute Gasteiger partial charge is 0.488 e. The highest BCUT2D eigenvalue weighted by Crippen LogP contribution is 2.33. The average molecular weight is 353 g/mol. The van der Waals surface area contributed by atoms with E-state index >= 15 is 0 Å². The van der Waals surface area contributed by atoms with Crippen LogP contribution in [0.25, 0.3) is 6.08 Å². The molecule has 2 aromatic carbocycles. The van der Waals surface area contributed by atoms with E-state index in [1.54, 1.807) is 13.0 Å². The second kappa shape index (κ2) is 7.57. The molecule has 1 fully saturated rings. The van der Waals surface area contributed by atoms with E-state index < -0.39 is 0 Å². The Hall–Kier alpha value is -2.53. The first-order chi connectivity index (χ1) is 12.1. The number of hydrogen-bond donors (Lipinski definition) is 0. The summed E-state index contributed by atoms with van der Waals surface area (Å²) in [6.45, 7) is 4.66. The van der Waals surface area contributed by atoms with Crippen molar-refractivity contribution in [2.45, 2.75) is 20.5 Å². The number of hydrogen-bond acceptors (Lipinski definition) is 4. The summed E-state index contributed by atoms with van der Waals surface area (Å²) < 4.78 is 5.92. The van der Waals surface area contributed by atoms with Crippen LogP contribution in [0.15, 0.2) is 53.4 Å². The Kier molecular flexibility index (Phi) is 5.24. The van der Waals surface area contributed by atoms with Gasteiger partial charge in [-0.05, 0) is 43.3 Å². The third kappa shape index (κ3) is 3.94. The number of ether oxygens (including phenoxy) is 1. The monoisotopic (exact) mass is 353 g/mol. The number of rotatable bonds is 5. The molecular formula is C20H19NO3S. The van der Waals surface area contributed by atoms with Gasteiger partial charge >= 0.3 is 0 Å². The molecule has 4 nitrogen and oxygen atoms in total. The predicted molar refractivity (Wildman–Crippen MR) is 100 cm³/mol. The topological polar surface area (TPSA) is 46.6 Å². The fourth-order valence-corrected chi connectivity index (χ4v) is 3.38. The maximum Gasteiger partial charge on any atom is 0.293 e. The second-order valence-corrected chi connectivity index (χ2v) is 6.73. The van der Waals surface area contributed by atoms with Crippen LogP contribution in [0.5, 0.6) is 5.75 Å². The minimum absolute atomic E-state index is 0.225. The van der Waals surface area contributed by atoms with Crippen molar-refractivity contribution in [3.8, 4) is 5.75 Å². The fourth-order valence-electron chi connectivity index (χ4n) is 2.49. The molecule has 1 heterocycles. The number of amides is 2. The molecule has 0 aromatic heterocycles. The van der Waals surface area contributed by atoms with Crippen molar-refractivity contribution in [1.29, 1.82) is 0 Å². The first kappa shape index (κ1) is 17.3. The number of likely N-dealkylation sites (N-methyl/N-ethyl adjacent to an activating group) is 1. The molecule has 0 unspecified atom stereocenters. The molecule has 2 amide bonds. The van der Waals surface area contributed by atoms with Crippen LogP contribution in [0.4, 0.5) is 4.79 Å². The minimum Gasteiger partial charge on any atom is -0.488 e. The van der Waals surface area contributed by atoms with Crippen molar-refractivity contribution in [2.75, 3.05) is 6.54 Å². The Labute approximate surface area is 151 Å². The second-order valence-electron chi connectivity index (χ2n) is 5.74. The Bertz CT molecular complexity index is 827. The van der Waals surface area contributed by atoms with E-state index in [0.717, 1.165) is 22.9 Å². The molecule has 128 valence electrons. The zero-order valence-electron chi connectivity index (χ0n) is 14.2. The van der Waals surface area contributed by atoms with E-state index in [9.17, 15) is 9.59 Å². The number of carbonyl (C=O) groups is 2. The van der Waals surface area contributed by atoms with E-state index in [4.69, 9.17) is 4.74 Å². The molecule has 3 rings (SSSR count). The van der Waals surface area contributed by atoms with E-state index in [2.05, 4.69) is 0 Å². The number of aryl methyl sites for hydroxylation is 1. The van der Waals surface area contributed by atoms with Crippen LogP contribution in [0, 0.1) is 6.92 Å². The highest BCUT2D eigenvalue weighted by Gasteiger charge is 2.33. The lowest BCUT2D eigenvalue weighted by Gasteiger charge is -2.10. The lowest BCUT2D eigenvalue weighted by Crippen LogP contribution is -2.27. The highest BCUT2D eigenvalue weighted by atomic mass is 32.2. The van der Waals surface area contributed by atoms with Crippen molar-refractivity contribution >= 4 is 29.0 Å². The van der Waals surface area contributed by atoms with Gasteiger partial charge in [-0.3, -0.25) is 14.5 Å². The number of thioether (sulfide) groups is 1. The van der Waals surface area contributed by atoms with E-state index in [0.29, 0.717) is 23.8 Å². The third-order valence-electron chi connectivity index (χ3n) is 3.91. The first-order valence-electron chi connectivity index (χ1n) is 8.11. The van der Waals surface area contributed by atoms with Crippen molar-refractivity contribution in [3.05, 3.63) is 70.1 Å². The van der Waals surface area contributed by atoms with Gasteiger partial charge in [0.05, 0.1) is 4.91 Å². The van der Waals surface area contributed by atoms with Crippen LogP contribution in [-0.4, -0.2) is 22.6 Å². The Morgan fingerprint density at radius 3 is 2.48 bits per heavy atom. The quantitative estimate of drug-likeness (QED) is 0.735. The van der Waals surface area contributed by atoms with Gasteiger partial charge in [0.25, 0.3) is 11.1 Å². The van der Waals surface area contributed by atoms with Crippen molar-refractivity contribution in [2.24, 2.45) is 0 Å². The van der Waals surface area contributed by atoms with Gasteiger partial charge in [-0.1, -0.05) is 48.0 Å². The smallest absolute Gasteiger partial charge is 0.293 e. The van der Waals surface area contributed by atoms with Crippen LogP contribution in [0.1, 0.15) is 23.6 Å². The lowest BCUT2D eigenvalue weighted by molar-refractivity contribution is -0.122. The summed E-state index contributed by atoms with van der Waals surface area (Å²) in [5.74, 6) is 0.442. The molecule has 0 aliphatic carbocycles. The van der Waals surface area contributed by atoms with Crippen LogP contribution >= 0.6 is 11.8 Å². The minimum atomic E-state index is -0.245. The summed E-state index contributed by atoms with van der Waals surface area (Å²) in [6, 6.07) is 15.7. The molecule has 1 aliphatic rings. The zero-order valence-corrected chi connectivity index (χ0v) is 15.0. The van der Waals surface area contributed by atoms with Crippen LogP contribution in [0.2, 0.25) is 0 Å². The molecule has 25 heavy (non-hydrogen) atoms. The Balaban J connectivity index is 1.79. The van der Waals surface area contributed by atoms with E-state index in [-0.39, 0.29) is 11.1 Å². The number of carbonyl (C=O) groups excluding carboxylic acids is 2. The van der Waals surface area contributed by atoms with Crippen molar-refractivity contribution in [3.63, 3.8) is 0 Å². The summed E-state index contributed by atoms with van der Waals surface area (Å²) in [7, 11) is 0. The summed E-state index contributed by atoms with van der Waals surface area (Å²) >= 11 is 0.969. The Morgan fingerprint density at radius 2 is 1.80 bits per heavy atom. The van der Waals surface area contributed by atoms with Gasteiger partial charge in [-0.2, -0.15) is 0 Å². The van der Waals surface area contributed by atoms with Gasteiger partial charge in [0.1, 0.15) is 12.4 Å². The van der Waals surface area contributed by atoms with Crippen LogP contribution in [0.3, 0.4) is 0 Å². The zero-order chi connectivity index (χ0) is 17.8. The summed E-state index contributed by atoms with van der Waals surface area (Å²) in [5, 5.41) is -0.225. The van der Waals surface area contributed by atoms with Gasteiger partial charge in [-0.25, -0.2) is 0 Å². The molecule has 0 bridgehead atoms. The van der Waals surface area contributed by atoms with E-state index in [1.807, 2.05) is 55.5 Å². The molecule has 0 saturated carbocycles. The third-order valence-corrected chi connectivity index (χ3v) is 4.82. The maximum atomic E-state index is 12.2. The maximum absolute atomic E-state index is 12.2. The molecule has 0 spiro atoms. The number of nitrogens with zero attached hydrogens (tertiary/aromatic N) is 1. The van der Waals surface area contributed by atoms with Gasteiger partial charge in [0, 0.05) is 12.1 Å². The van der Waals surface area contributed by atoms with Crippen LogP contribution in [-0.2, 0) is 11.4 Å². The first-order valence-corrected chi connectivity index (χ1v) is 8.93. The molecule has 1 aliphatic heterocycles. The summed E-state index contributed by atoms with van der Waals surface area (Å²) in [4.78, 5) is 25.8. The van der Waals surface area contributed by atoms with Gasteiger partial charge in [0.2, 0.25) is 0 Å². The molecule has 0 atom stereocenters. The molecule has 5 heteroatoms. The Morgan fingerprint density at radius 1 is 1.08 bits per heavy atom.